The van der Waals surface area contributed by atoms with Gasteiger partial charge in [-0.1, -0.05) is 24.6 Å². The first-order chi connectivity index (χ1) is 16.5. The second-order valence-electron chi connectivity index (χ2n) is 9.02. The molecule has 2 aliphatic rings. The van der Waals surface area contributed by atoms with Crippen LogP contribution in [0.15, 0.2) is 30.3 Å². The highest BCUT2D eigenvalue weighted by molar-refractivity contribution is 5.97. The molecule has 9 heteroatoms. The summed E-state index contributed by atoms with van der Waals surface area (Å²) in [4.78, 5) is 49.8. The average Bonchev–Trinajstić information content (AvgIpc) is 3.33. The smallest absolute Gasteiger partial charge is 0.166 e. The van der Waals surface area contributed by atoms with E-state index in [4.69, 9.17) is 0 Å². The maximum absolute atomic E-state index is 12.8. The quantitative estimate of drug-likeness (QED) is 0.604. The van der Waals surface area contributed by atoms with Crippen LogP contribution in [-0.2, 0) is 14.4 Å². The number of aromatic nitrogens is 3. The molecule has 1 aliphatic heterocycles. The third-order valence-corrected chi connectivity index (χ3v) is 6.57. The largest absolute Gasteiger partial charge is 0.304 e. The van der Waals surface area contributed by atoms with Crippen LogP contribution in [0.3, 0.4) is 0 Å². The second kappa shape index (κ2) is 11.2. The molecule has 0 spiro atoms. The molecule has 2 N–H and O–H groups in total. The Kier molecular flexibility index (Phi) is 7.84. The minimum absolute atomic E-state index is 0.0298. The summed E-state index contributed by atoms with van der Waals surface area (Å²) in [6, 6.07) is 8.80. The van der Waals surface area contributed by atoms with E-state index >= 15 is 0 Å². The van der Waals surface area contributed by atoms with Crippen molar-refractivity contribution < 1.29 is 19.2 Å². The van der Waals surface area contributed by atoms with Crippen LogP contribution in [-0.4, -0.2) is 44.6 Å². The van der Waals surface area contributed by atoms with Gasteiger partial charge in [-0.25, -0.2) is 5.43 Å². The number of carbonyl (C=O) groups excluding carboxylic acids is 4. The zero-order chi connectivity index (χ0) is 23.9. The predicted molar refractivity (Wildman–Crippen MR) is 125 cm³/mol. The molecule has 178 valence electrons. The molecule has 9 nitrogen and oxygen atoms in total. The molecule has 1 saturated carbocycles. The fourth-order valence-corrected chi connectivity index (χ4v) is 4.61. The van der Waals surface area contributed by atoms with E-state index in [1.54, 1.807) is 24.3 Å². The molecule has 34 heavy (non-hydrogen) atoms. The number of nitrogens with one attached hydrogen (secondary N) is 2. The molecule has 2 atom stereocenters. The Morgan fingerprint density at radius 2 is 1.53 bits per heavy atom. The molecule has 2 heterocycles. The van der Waals surface area contributed by atoms with Gasteiger partial charge in [0.1, 0.15) is 17.3 Å². The minimum Gasteiger partial charge on any atom is -0.304 e. The number of ketones is 4. The van der Waals surface area contributed by atoms with Gasteiger partial charge in [-0.2, -0.15) is 0 Å². The van der Waals surface area contributed by atoms with E-state index in [2.05, 4.69) is 26.3 Å². The summed E-state index contributed by atoms with van der Waals surface area (Å²) in [5.41, 5.74) is 8.09. The van der Waals surface area contributed by atoms with E-state index in [9.17, 15) is 19.2 Å². The van der Waals surface area contributed by atoms with Crippen LogP contribution in [0.1, 0.15) is 74.6 Å². The third kappa shape index (κ3) is 6.17. The van der Waals surface area contributed by atoms with Crippen molar-refractivity contribution in [2.24, 2.45) is 5.92 Å². The molecule has 2 unspecified atom stereocenters. The zero-order valence-corrected chi connectivity index (χ0v) is 19.1. The molecule has 0 saturated heterocycles. The van der Waals surface area contributed by atoms with Crippen LogP contribution in [0, 0.1) is 5.92 Å². The summed E-state index contributed by atoms with van der Waals surface area (Å²) in [5.74, 6) is 0.203. The number of benzene rings is 1. The SMILES string of the molecule is O=C1CCCC(=O)c2cccc(c2)-c2cc(nnn2)NNC2CCCC2C(=O)CCC(=O)CC1. The van der Waals surface area contributed by atoms with E-state index in [0.717, 1.165) is 24.8 Å². The van der Waals surface area contributed by atoms with Gasteiger partial charge in [-0.3, -0.25) is 19.2 Å². The summed E-state index contributed by atoms with van der Waals surface area (Å²) in [6.07, 6.45) is 4.15. The molecule has 1 fully saturated rings. The normalized spacial score (nSPS) is 23.1. The highest BCUT2D eigenvalue weighted by Crippen LogP contribution is 2.28. The van der Waals surface area contributed by atoms with Crippen molar-refractivity contribution in [3.8, 4) is 11.3 Å². The van der Waals surface area contributed by atoms with Gasteiger partial charge in [-0.05, 0) is 30.5 Å². The van der Waals surface area contributed by atoms with Gasteiger partial charge in [0.05, 0.1) is 5.69 Å². The summed E-state index contributed by atoms with van der Waals surface area (Å²) in [7, 11) is 0. The van der Waals surface area contributed by atoms with Crippen LogP contribution in [0.4, 0.5) is 5.82 Å². The minimum atomic E-state index is -0.173. The topological polar surface area (TPSA) is 131 Å². The maximum Gasteiger partial charge on any atom is 0.166 e. The zero-order valence-electron chi connectivity index (χ0n) is 19.1. The van der Waals surface area contributed by atoms with Crippen molar-refractivity contribution in [2.75, 3.05) is 5.43 Å². The number of hydrogen-bond donors (Lipinski definition) is 2. The lowest BCUT2D eigenvalue weighted by molar-refractivity contribution is -0.127. The van der Waals surface area contributed by atoms with Crippen molar-refractivity contribution in [2.45, 2.75) is 70.3 Å². The lowest BCUT2D eigenvalue weighted by Crippen LogP contribution is -2.40. The fourth-order valence-electron chi connectivity index (χ4n) is 4.61. The Balaban J connectivity index is 1.54. The predicted octanol–water partition coefficient (Wildman–Crippen LogP) is 3.26. The Hall–Kier alpha value is -3.33. The number of rotatable bonds is 0. The first-order valence-corrected chi connectivity index (χ1v) is 11.9. The summed E-state index contributed by atoms with van der Waals surface area (Å²) in [5, 5.41) is 11.9. The number of anilines is 1. The van der Waals surface area contributed by atoms with Crippen LogP contribution >= 0.6 is 0 Å². The molecule has 4 bridgehead atoms. The first kappa shape index (κ1) is 23.8. The van der Waals surface area contributed by atoms with Crippen molar-refractivity contribution in [3.63, 3.8) is 0 Å². The number of Topliss-reactive ketones (excluding diaryl/α,β-unsaturated/α-hetero) is 4. The summed E-state index contributed by atoms with van der Waals surface area (Å²) >= 11 is 0. The van der Waals surface area contributed by atoms with Crippen molar-refractivity contribution >= 4 is 29.0 Å². The highest BCUT2D eigenvalue weighted by atomic mass is 16.1. The Labute approximate surface area is 198 Å². The van der Waals surface area contributed by atoms with E-state index in [0.29, 0.717) is 23.5 Å². The lowest BCUT2D eigenvalue weighted by atomic mass is 9.94. The van der Waals surface area contributed by atoms with Gasteiger partial charge in [-0.15, -0.1) is 10.2 Å². The van der Waals surface area contributed by atoms with Crippen LogP contribution in [0.25, 0.3) is 11.3 Å². The van der Waals surface area contributed by atoms with Crippen molar-refractivity contribution in [3.05, 3.63) is 35.9 Å². The average molecular weight is 464 g/mol. The molecule has 1 aromatic heterocycles. The maximum atomic E-state index is 12.8. The van der Waals surface area contributed by atoms with Crippen LogP contribution in [0.2, 0.25) is 0 Å². The molecule has 1 aromatic carbocycles. The monoisotopic (exact) mass is 463 g/mol. The number of carbonyl (C=O) groups is 4. The summed E-state index contributed by atoms with van der Waals surface area (Å²) in [6.45, 7) is 0. The van der Waals surface area contributed by atoms with Gasteiger partial charge in [0.25, 0.3) is 0 Å². The van der Waals surface area contributed by atoms with Crippen LogP contribution < -0.4 is 10.9 Å². The van der Waals surface area contributed by atoms with Gasteiger partial charge >= 0.3 is 0 Å². The summed E-state index contributed by atoms with van der Waals surface area (Å²) < 4.78 is 0. The highest BCUT2D eigenvalue weighted by Gasteiger charge is 2.32. The van der Waals surface area contributed by atoms with Gasteiger partial charge < -0.3 is 5.43 Å². The van der Waals surface area contributed by atoms with E-state index < -0.39 is 0 Å². The second-order valence-corrected chi connectivity index (χ2v) is 9.02. The number of fused-ring (bicyclic) bond motifs is 6. The number of nitrogens with zero attached hydrogens (tertiary/aromatic N) is 3. The van der Waals surface area contributed by atoms with Gasteiger partial charge in [0, 0.05) is 67.7 Å². The first-order valence-electron chi connectivity index (χ1n) is 11.9. The van der Waals surface area contributed by atoms with Crippen molar-refractivity contribution in [1.82, 2.24) is 20.8 Å². The van der Waals surface area contributed by atoms with Gasteiger partial charge in [0.2, 0.25) is 0 Å². The number of hydrazine groups is 1. The molecule has 0 radical (unpaired) electrons. The van der Waals surface area contributed by atoms with Crippen molar-refractivity contribution in [1.29, 1.82) is 0 Å². The fraction of sp³-hybridized carbons (Fsp3) is 0.480. The molecule has 1 aliphatic carbocycles. The van der Waals surface area contributed by atoms with Gasteiger partial charge in [0.15, 0.2) is 11.6 Å². The van der Waals surface area contributed by atoms with E-state index in [-0.39, 0.29) is 73.6 Å². The molecule has 0 amide bonds. The third-order valence-electron chi connectivity index (χ3n) is 6.57. The van der Waals surface area contributed by atoms with Crippen LogP contribution in [0.5, 0.6) is 0 Å². The van der Waals surface area contributed by atoms with E-state index in [1.807, 2.05) is 6.07 Å². The molecular weight excluding hydrogens is 434 g/mol. The molecule has 4 rings (SSSR count). The Morgan fingerprint density at radius 3 is 2.38 bits per heavy atom. The number of hydrogen-bond acceptors (Lipinski definition) is 9. The lowest BCUT2D eigenvalue weighted by Gasteiger charge is -2.20. The Bertz CT molecular complexity index is 1090. The standard InChI is InChI=1S/C25H29N5O4/c31-18-6-2-9-23(33)17-5-1-4-16(14-17)22-15-25(29-30-27-22)28-26-21-8-3-7-20(21)24(34)13-12-19(32)11-10-18/h1,4-5,14-15,20-21,26H,2-3,6-13H2,(H,27,28,29). The Morgan fingerprint density at radius 1 is 0.765 bits per heavy atom. The molecule has 2 aromatic rings. The van der Waals surface area contributed by atoms with E-state index in [1.165, 1.54) is 0 Å². The molecular formula is C25H29N5O4.